The summed E-state index contributed by atoms with van der Waals surface area (Å²) in [6, 6.07) is 6.35. The van der Waals surface area contributed by atoms with Gasteiger partial charge in [-0.2, -0.15) is 0 Å². The lowest BCUT2D eigenvalue weighted by molar-refractivity contribution is 0.0854. The van der Waals surface area contributed by atoms with Gasteiger partial charge in [-0.25, -0.2) is 9.78 Å². The predicted octanol–water partition coefficient (Wildman–Crippen LogP) is 3.35. The standard InChI is InChI=1S/C16H17ClN4O3S/c17-10-3-1-4-11(7-10)19-15(23)21-16-20-13(9-25-16)14(22)18-8-12-5-2-6-24-12/h1,3-4,7,9,12H,2,5-6,8H2,(H,18,22)(H2,19,20,21,23). The summed E-state index contributed by atoms with van der Waals surface area (Å²) in [4.78, 5) is 28.1. The van der Waals surface area contributed by atoms with Crippen molar-refractivity contribution >= 4 is 45.7 Å². The number of carbonyl (C=O) groups excluding carboxylic acids is 2. The molecule has 2 aromatic rings. The molecule has 0 bridgehead atoms. The van der Waals surface area contributed by atoms with Gasteiger partial charge in [0.15, 0.2) is 5.13 Å². The molecule has 0 spiro atoms. The summed E-state index contributed by atoms with van der Waals surface area (Å²) in [7, 11) is 0. The summed E-state index contributed by atoms with van der Waals surface area (Å²) in [6.07, 6.45) is 2.05. The van der Waals surface area contributed by atoms with Crippen molar-refractivity contribution in [1.29, 1.82) is 0 Å². The van der Waals surface area contributed by atoms with Gasteiger partial charge in [0.25, 0.3) is 5.91 Å². The highest BCUT2D eigenvalue weighted by molar-refractivity contribution is 7.14. The Hall–Kier alpha value is -2.16. The van der Waals surface area contributed by atoms with Crippen LogP contribution in [0.5, 0.6) is 0 Å². The molecule has 3 rings (SSSR count). The first kappa shape index (κ1) is 17.7. The molecule has 0 saturated carbocycles. The Labute approximate surface area is 153 Å². The molecule has 1 aromatic carbocycles. The van der Waals surface area contributed by atoms with E-state index in [1.807, 2.05) is 0 Å². The quantitative estimate of drug-likeness (QED) is 0.741. The number of nitrogens with one attached hydrogen (secondary N) is 3. The predicted molar refractivity (Wildman–Crippen MR) is 97.5 cm³/mol. The molecule has 1 saturated heterocycles. The molecule has 3 N–H and O–H groups in total. The number of hydrogen-bond acceptors (Lipinski definition) is 5. The molecule has 132 valence electrons. The number of anilines is 2. The van der Waals surface area contributed by atoms with Crippen molar-refractivity contribution in [3.63, 3.8) is 0 Å². The second-order valence-electron chi connectivity index (χ2n) is 5.47. The lowest BCUT2D eigenvalue weighted by Gasteiger charge is -2.09. The van der Waals surface area contributed by atoms with E-state index < -0.39 is 6.03 Å². The third kappa shape index (κ3) is 5.15. The fourth-order valence-corrected chi connectivity index (χ4v) is 3.24. The molecule has 1 aliphatic heterocycles. The Kier molecular flexibility index (Phi) is 5.85. The molecule has 3 amide bonds. The zero-order valence-electron chi connectivity index (χ0n) is 13.3. The van der Waals surface area contributed by atoms with Gasteiger partial charge in [0, 0.05) is 29.2 Å². The van der Waals surface area contributed by atoms with Gasteiger partial charge in [-0.1, -0.05) is 17.7 Å². The van der Waals surface area contributed by atoms with Crippen molar-refractivity contribution < 1.29 is 14.3 Å². The number of carbonyl (C=O) groups is 2. The van der Waals surface area contributed by atoms with Crippen LogP contribution in [0, 0.1) is 0 Å². The Morgan fingerprint density at radius 3 is 3.00 bits per heavy atom. The molecule has 9 heteroatoms. The van der Waals surface area contributed by atoms with Crippen LogP contribution in [0.2, 0.25) is 5.02 Å². The van der Waals surface area contributed by atoms with E-state index in [-0.39, 0.29) is 17.7 Å². The summed E-state index contributed by atoms with van der Waals surface area (Å²) < 4.78 is 5.45. The van der Waals surface area contributed by atoms with E-state index in [2.05, 4.69) is 20.9 Å². The first-order chi connectivity index (χ1) is 12.1. The van der Waals surface area contributed by atoms with Crippen LogP contribution in [0.1, 0.15) is 23.3 Å². The van der Waals surface area contributed by atoms with Crippen LogP contribution in [0.3, 0.4) is 0 Å². The minimum Gasteiger partial charge on any atom is -0.376 e. The van der Waals surface area contributed by atoms with E-state index in [1.54, 1.807) is 29.6 Å². The second kappa shape index (κ2) is 8.28. The summed E-state index contributed by atoms with van der Waals surface area (Å²) >= 11 is 7.04. The van der Waals surface area contributed by atoms with Crippen LogP contribution in [0.4, 0.5) is 15.6 Å². The average Bonchev–Trinajstić information content (AvgIpc) is 3.24. The van der Waals surface area contributed by atoms with Crippen molar-refractivity contribution in [2.24, 2.45) is 0 Å². The highest BCUT2D eigenvalue weighted by Gasteiger charge is 2.18. The maximum atomic E-state index is 12.1. The van der Waals surface area contributed by atoms with Gasteiger partial charge in [0.2, 0.25) is 0 Å². The third-order valence-electron chi connectivity index (χ3n) is 3.55. The summed E-state index contributed by atoms with van der Waals surface area (Å²) in [5.41, 5.74) is 0.831. The normalized spacial score (nSPS) is 16.4. The van der Waals surface area contributed by atoms with E-state index in [4.69, 9.17) is 16.3 Å². The maximum absolute atomic E-state index is 12.1. The molecular formula is C16H17ClN4O3S. The molecule has 0 radical (unpaired) electrons. The molecule has 2 heterocycles. The second-order valence-corrected chi connectivity index (χ2v) is 6.77. The molecule has 1 fully saturated rings. The lowest BCUT2D eigenvalue weighted by Crippen LogP contribution is -2.32. The molecule has 25 heavy (non-hydrogen) atoms. The zero-order valence-corrected chi connectivity index (χ0v) is 14.8. The van der Waals surface area contributed by atoms with Crippen molar-refractivity contribution in [2.45, 2.75) is 18.9 Å². The molecular weight excluding hydrogens is 364 g/mol. The fourth-order valence-electron chi connectivity index (χ4n) is 2.36. The van der Waals surface area contributed by atoms with Crippen LogP contribution in [0.15, 0.2) is 29.6 Å². The number of nitrogens with zero attached hydrogens (tertiary/aromatic N) is 1. The van der Waals surface area contributed by atoms with Gasteiger partial charge in [0.05, 0.1) is 6.10 Å². The van der Waals surface area contributed by atoms with Gasteiger partial charge < -0.3 is 15.4 Å². The van der Waals surface area contributed by atoms with Crippen LogP contribution in [-0.2, 0) is 4.74 Å². The number of amides is 3. The molecule has 0 aliphatic carbocycles. The van der Waals surface area contributed by atoms with Gasteiger partial charge in [-0.05, 0) is 31.0 Å². The smallest absolute Gasteiger partial charge is 0.325 e. The van der Waals surface area contributed by atoms with Gasteiger partial charge in [0.1, 0.15) is 5.69 Å². The third-order valence-corrected chi connectivity index (χ3v) is 4.55. The van der Waals surface area contributed by atoms with E-state index in [0.29, 0.717) is 22.4 Å². The van der Waals surface area contributed by atoms with E-state index in [9.17, 15) is 9.59 Å². The van der Waals surface area contributed by atoms with Crippen LogP contribution < -0.4 is 16.0 Å². The van der Waals surface area contributed by atoms with Crippen LogP contribution in [0.25, 0.3) is 0 Å². The summed E-state index contributed by atoms with van der Waals surface area (Å²) in [6.45, 7) is 1.21. The average molecular weight is 381 g/mol. The van der Waals surface area contributed by atoms with Gasteiger partial charge in [-0.3, -0.25) is 10.1 Å². The van der Waals surface area contributed by atoms with Gasteiger partial charge >= 0.3 is 6.03 Å². The number of thiazole rings is 1. The molecule has 1 aliphatic rings. The fraction of sp³-hybridized carbons (Fsp3) is 0.312. The van der Waals surface area contributed by atoms with Crippen molar-refractivity contribution in [2.75, 3.05) is 23.8 Å². The number of ether oxygens (including phenoxy) is 1. The Morgan fingerprint density at radius 1 is 1.36 bits per heavy atom. The first-order valence-corrected chi connectivity index (χ1v) is 9.05. The Balaban J connectivity index is 1.50. The number of aromatic nitrogens is 1. The number of benzene rings is 1. The van der Waals surface area contributed by atoms with Crippen LogP contribution >= 0.6 is 22.9 Å². The minimum absolute atomic E-state index is 0.0728. The number of halogens is 1. The van der Waals surface area contributed by atoms with Crippen molar-refractivity contribution in [3.05, 3.63) is 40.4 Å². The van der Waals surface area contributed by atoms with E-state index >= 15 is 0 Å². The Morgan fingerprint density at radius 2 is 2.24 bits per heavy atom. The molecule has 7 nitrogen and oxygen atoms in total. The summed E-state index contributed by atoms with van der Waals surface area (Å²) in [5.74, 6) is -0.282. The van der Waals surface area contributed by atoms with Crippen LogP contribution in [-0.4, -0.2) is 36.2 Å². The zero-order chi connectivity index (χ0) is 17.6. The monoisotopic (exact) mass is 380 g/mol. The topological polar surface area (TPSA) is 92.4 Å². The first-order valence-electron chi connectivity index (χ1n) is 7.79. The maximum Gasteiger partial charge on any atom is 0.325 e. The molecule has 1 atom stereocenters. The van der Waals surface area contributed by atoms with E-state index in [0.717, 1.165) is 19.4 Å². The number of hydrogen-bond donors (Lipinski definition) is 3. The van der Waals surface area contributed by atoms with E-state index in [1.165, 1.54) is 11.3 Å². The lowest BCUT2D eigenvalue weighted by atomic mass is 10.2. The number of rotatable bonds is 5. The SMILES string of the molecule is O=C(Nc1cccc(Cl)c1)Nc1nc(C(=O)NCC2CCCO2)cs1. The number of urea groups is 1. The Bertz CT molecular complexity index is 761. The molecule has 1 aromatic heterocycles. The van der Waals surface area contributed by atoms with Crippen molar-refractivity contribution in [1.82, 2.24) is 10.3 Å². The molecule has 1 unspecified atom stereocenters. The largest absolute Gasteiger partial charge is 0.376 e. The highest BCUT2D eigenvalue weighted by atomic mass is 35.5. The highest BCUT2D eigenvalue weighted by Crippen LogP contribution is 2.18. The van der Waals surface area contributed by atoms with Crippen molar-refractivity contribution in [3.8, 4) is 0 Å². The summed E-state index contributed by atoms with van der Waals surface area (Å²) in [5, 5.41) is 10.5. The van der Waals surface area contributed by atoms with Gasteiger partial charge in [-0.15, -0.1) is 11.3 Å². The minimum atomic E-state index is -0.456.